The maximum atomic E-state index is 12.9. The quantitative estimate of drug-likeness (QED) is 0.262. The number of anilines is 1. The lowest BCUT2D eigenvalue weighted by molar-refractivity contribution is -0.126. The van der Waals surface area contributed by atoms with Gasteiger partial charge in [-0.3, -0.25) is 9.59 Å². The first kappa shape index (κ1) is 23.1. The summed E-state index contributed by atoms with van der Waals surface area (Å²) in [4.78, 5) is 23.7. The second-order valence-corrected chi connectivity index (χ2v) is 7.84. The van der Waals surface area contributed by atoms with Crippen molar-refractivity contribution in [2.24, 2.45) is 5.10 Å². The average molecular weight is 498 g/mol. The van der Waals surface area contributed by atoms with Crippen LogP contribution in [-0.2, 0) is 16.2 Å². The van der Waals surface area contributed by atoms with Gasteiger partial charge in [0, 0.05) is 5.69 Å². The van der Waals surface area contributed by atoms with Gasteiger partial charge in [0.05, 0.1) is 10.7 Å². The Morgan fingerprint density at radius 1 is 1.03 bits per heavy atom. The lowest BCUT2D eigenvalue weighted by Crippen LogP contribution is -2.24. The maximum absolute atomic E-state index is 12.9. The number of hydrogen-bond acceptors (Lipinski definition) is 4. The molecule has 0 aliphatic rings. The highest BCUT2D eigenvalue weighted by atomic mass is 79.9. The third kappa shape index (κ3) is 7.31. The molecule has 0 aromatic heterocycles. The van der Waals surface area contributed by atoms with Gasteiger partial charge < -0.3 is 10.1 Å². The van der Waals surface area contributed by atoms with Crippen molar-refractivity contribution < 1.29 is 18.7 Å². The van der Waals surface area contributed by atoms with Crippen molar-refractivity contribution in [1.29, 1.82) is 0 Å². The van der Waals surface area contributed by atoms with Crippen LogP contribution in [-0.4, -0.2) is 18.0 Å². The Morgan fingerprint density at radius 2 is 1.75 bits per heavy atom. The molecule has 32 heavy (non-hydrogen) atoms. The van der Waals surface area contributed by atoms with Crippen LogP contribution in [0.4, 0.5) is 10.1 Å². The number of nitrogens with one attached hydrogen (secondary N) is 2. The van der Waals surface area contributed by atoms with Crippen LogP contribution in [0.25, 0.3) is 0 Å². The molecule has 3 aromatic rings. The van der Waals surface area contributed by atoms with Crippen molar-refractivity contribution in [2.45, 2.75) is 20.0 Å². The fourth-order valence-corrected chi connectivity index (χ4v) is 3.17. The molecule has 0 aliphatic heterocycles. The third-order valence-electron chi connectivity index (χ3n) is 4.32. The number of amides is 2. The van der Waals surface area contributed by atoms with Crippen LogP contribution in [0, 0.1) is 12.7 Å². The topological polar surface area (TPSA) is 79.8 Å². The van der Waals surface area contributed by atoms with Crippen molar-refractivity contribution >= 4 is 39.6 Å². The number of carbonyl (C=O) groups is 2. The number of carbonyl (C=O) groups excluding carboxylic acids is 2. The van der Waals surface area contributed by atoms with Gasteiger partial charge in [-0.2, -0.15) is 5.10 Å². The predicted molar refractivity (Wildman–Crippen MR) is 125 cm³/mol. The van der Waals surface area contributed by atoms with Crippen molar-refractivity contribution in [3.8, 4) is 5.75 Å². The zero-order valence-electron chi connectivity index (χ0n) is 17.3. The zero-order chi connectivity index (χ0) is 22.9. The summed E-state index contributed by atoms with van der Waals surface area (Å²) in [6, 6.07) is 18.8. The van der Waals surface area contributed by atoms with Gasteiger partial charge in [0.2, 0.25) is 11.8 Å². The molecule has 0 unspecified atom stereocenters. The maximum Gasteiger partial charge on any atom is 0.249 e. The van der Waals surface area contributed by atoms with E-state index in [1.54, 1.807) is 18.2 Å². The van der Waals surface area contributed by atoms with Gasteiger partial charge in [-0.15, -0.1) is 0 Å². The van der Waals surface area contributed by atoms with Crippen LogP contribution in [0.1, 0.15) is 23.1 Å². The Kier molecular flexibility index (Phi) is 8.10. The molecule has 0 fully saturated rings. The van der Waals surface area contributed by atoms with Gasteiger partial charge in [0.1, 0.15) is 24.6 Å². The summed E-state index contributed by atoms with van der Waals surface area (Å²) in [6.45, 7) is 2.48. The number of rotatable bonds is 8. The van der Waals surface area contributed by atoms with Crippen molar-refractivity contribution in [1.82, 2.24) is 5.43 Å². The summed E-state index contributed by atoms with van der Waals surface area (Å²) in [6.07, 6.45) is 1.05. The first-order valence-electron chi connectivity index (χ1n) is 9.74. The van der Waals surface area contributed by atoms with E-state index >= 15 is 0 Å². The normalized spacial score (nSPS) is 10.7. The molecule has 6 nitrogen and oxygen atoms in total. The Bertz CT molecular complexity index is 1120. The van der Waals surface area contributed by atoms with Gasteiger partial charge in [0.15, 0.2) is 0 Å². The zero-order valence-corrected chi connectivity index (χ0v) is 18.9. The molecule has 0 saturated carbocycles. The van der Waals surface area contributed by atoms with Crippen LogP contribution >= 0.6 is 15.9 Å². The Morgan fingerprint density at radius 3 is 2.44 bits per heavy atom. The minimum atomic E-state index is -0.571. The average Bonchev–Trinajstić information content (AvgIpc) is 2.76. The molecule has 0 spiro atoms. The molecule has 0 bridgehead atoms. The largest absolute Gasteiger partial charge is 0.488 e. The monoisotopic (exact) mass is 497 g/mol. The molecule has 0 aliphatic carbocycles. The number of aryl methyl sites for hydroxylation is 1. The molecular formula is C24H21BrFN3O3. The highest BCUT2D eigenvalue weighted by Gasteiger charge is 2.09. The summed E-state index contributed by atoms with van der Waals surface area (Å²) in [5.41, 5.74) is 5.70. The number of benzene rings is 3. The van der Waals surface area contributed by atoms with Gasteiger partial charge in [0.25, 0.3) is 0 Å². The number of halogens is 2. The summed E-state index contributed by atoms with van der Waals surface area (Å²) >= 11 is 3.47. The lowest BCUT2D eigenvalue weighted by Gasteiger charge is -2.09. The fourth-order valence-electron chi connectivity index (χ4n) is 2.66. The van der Waals surface area contributed by atoms with Crippen molar-refractivity contribution in [3.63, 3.8) is 0 Å². The van der Waals surface area contributed by atoms with E-state index in [2.05, 4.69) is 31.8 Å². The molecule has 2 amide bonds. The number of ether oxygens (including phenoxy) is 1. The molecule has 164 valence electrons. The highest BCUT2D eigenvalue weighted by molar-refractivity contribution is 9.10. The van der Waals surface area contributed by atoms with Crippen molar-refractivity contribution in [2.75, 3.05) is 5.32 Å². The Balaban J connectivity index is 1.46. The minimum Gasteiger partial charge on any atom is -0.488 e. The van der Waals surface area contributed by atoms with Gasteiger partial charge >= 0.3 is 0 Å². The molecule has 3 rings (SSSR count). The summed E-state index contributed by atoms with van der Waals surface area (Å²) < 4.78 is 19.5. The first-order chi connectivity index (χ1) is 15.4. The second-order valence-electron chi connectivity index (χ2n) is 6.99. The number of nitrogens with zero attached hydrogens (tertiary/aromatic N) is 1. The van der Waals surface area contributed by atoms with Crippen LogP contribution in [0.3, 0.4) is 0 Å². The van der Waals surface area contributed by atoms with E-state index in [0.717, 1.165) is 15.6 Å². The van der Waals surface area contributed by atoms with E-state index in [4.69, 9.17) is 4.74 Å². The van der Waals surface area contributed by atoms with Crippen molar-refractivity contribution in [3.05, 3.63) is 93.7 Å². The molecular weight excluding hydrogens is 477 g/mol. The number of hydrogen-bond donors (Lipinski definition) is 2. The Labute approximate surface area is 193 Å². The molecule has 3 aromatic carbocycles. The van der Waals surface area contributed by atoms with Gasteiger partial charge in [-0.1, -0.05) is 29.8 Å². The van der Waals surface area contributed by atoms with Crippen LogP contribution < -0.4 is 15.5 Å². The Hall–Kier alpha value is -3.52. The molecule has 0 saturated heterocycles. The first-order valence-corrected chi connectivity index (χ1v) is 10.5. The third-order valence-corrected chi connectivity index (χ3v) is 4.94. The lowest BCUT2D eigenvalue weighted by atomic mass is 10.2. The highest BCUT2D eigenvalue weighted by Crippen LogP contribution is 2.26. The summed E-state index contributed by atoms with van der Waals surface area (Å²) in [5, 5.41) is 6.38. The smallest absolute Gasteiger partial charge is 0.249 e. The SMILES string of the molecule is Cc1ccc(COc2ccc(C=NNC(=O)CC(=O)Nc3ccc(F)cc3)cc2Br)cc1. The molecule has 0 heterocycles. The van der Waals surface area contributed by atoms with Crippen LogP contribution in [0.15, 0.2) is 76.3 Å². The summed E-state index contributed by atoms with van der Waals surface area (Å²) in [5.74, 6) is -0.822. The molecule has 8 heteroatoms. The standard InChI is InChI=1S/C24H21BrFN3O3/c1-16-2-4-17(5-3-16)15-32-22-11-6-18(12-21(22)25)14-27-29-24(31)13-23(30)28-20-9-7-19(26)8-10-20/h2-12,14H,13,15H2,1H3,(H,28,30)(H,29,31). The number of hydrazone groups is 1. The minimum absolute atomic E-state index is 0.405. The summed E-state index contributed by atoms with van der Waals surface area (Å²) in [7, 11) is 0. The molecule has 2 N–H and O–H groups in total. The van der Waals surface area contributed by atoms with E-state index in [0.29, 0.717) is 18.0 Å². The predicted octanol–water partition coefficient (Wildman–Crippen LogP) is 4.95. The van der Waals surface area contributed by atoms with E-state index in [-0.39, 0.29) is 0 Å². The fraction of sp³-hybridized carbons (Fsp3) is 0.125. The van der Waals surface area contributed by atoms with Gasteiger partial charge in [-0.05, 0) is 76.4 Å². The van der Waals surface area contributed by atoms with E-state index in [1.165, 1.54) is 36.0 Å². The van der Waals surface area contributed by atoms with Crippen LogP contribution in [0.2, 0.25) is 0 Å². The van der Waals surface area contributed by atoms with E-state index in [9.17, 15) is 14.0 Å². The van der Waals surface area contributed by atoms with E-state index in [1.807, 2.05) is 31.2 Å². The van der Waals surface area contributed by atoms with E-state index < -0.39 is 24.1 Å². The second kappa shape index (κ2) is 11.2. The molecule has 0 atom stereocenters. The van der Waals surface area contributed by atoms with Crippen LogP contribution in [0.5, 0.6) is 5.75 Å². The molecule has 0 radical (unpaired) electrons. The van der Waals surface area contributed by atoms with Gasteiger partial charge in [-0.25, -0.2) is 9.82 Å².